The molecule has 0 saturated carbocycles. The quantitative estimate of drug-likeness (QED) is 0.0215. The summed E-state index contributed by atoms with van der Waals surface area (Å²) in [6.07, 6.45) is 50.2. The molecule has 1 heterocycles. The second-order valence-electron chi connectivity index (χ2n) is 20.7. The van der Waals surface area contributed by atoms with Crippen molar-refractivity contribution >= 4 is 5.91 Å². The van der Waals surface area contributed by atoms with Crippen LogP contribution in [0.1, 0.15) is 258 Å². The highest BCUT2D eigenvalue weighted by Gasteiger charge is 2.44. The first-order valence-electron chi connectivity index (χ1n) is 29.5. The van der Waals surface area contributed by atoms with Crippen molar-refractivity contribution in [1.82, 2.24) is 5.32 Å². The third-order valence-corrected chi connectivity index (χ3v) is 14.1. The van der Waals surface area contributed by atoms with Gasteiger partial charge in [0, 0.05) is 0 Å². The minimum absolute atomic E-state index is 0.238. The number of hydrogen-bond acceptors (Lipinski definition) is 10. The van der Waals surface area contributed by atoms with Crippen molar-refractivity contribution in [1.29, 1.82) is 0 Å². The maximum atomic E-state index is 13.2. The molecule has 1 rings (SSSR count). The number of nitrogens with one attached hydrogen (secondary N) is 1. The summed E-state index contributed by atoms with van der Waals surface area (Å²) in [5, 5.41) is 76.1. The highest BCUT2D eigenvalue weighted by molar-refractivity contribution is 5.80. The predicted molar refractivity (Wildman–Crippen MR) is 293 cm³/mol. The summed E-state index contributed by atoms with van der Waals surface area (Å²) in [5.41, 5.74) is 0. The van der Waals surface area contributed by atoms with Crippen LogP contribution in [0.25, 0.3) is 0 Å². The molecule has 0 aromatic carbocycles. The Morgan fingerprint density at radius 1 is 0.493 bits per heavy atom. The van der Waals surface area contributed by atoms with Gasteiger partial charge in [-0.05, 0) is 83.5 Å². The minimum atomic E-state index is -1.68. The van der Waals surface area contributed by atoms with E-state index in [1.165, 1.54) is 148 Å². The van der Waals surface area contributed by atoms with Gasteiger partial charge in [0.2, 0.25) is 5.91 Å². The van der Waals surface area contributed by atoms with E-state index in [0.717, 1.165) is 64.2 Å². The molecular weight excluding hydrogens is 895 g/mol. The first-order chi connectivity index (χ1) is 34.7. The molecule has 1 aliphatic rings. The Balaban J connectivity index is 2.36. The van der Waals surface area contributed by atoms with E-state index in [1.54, 1.807) is 0 Å². The largest absolute Gasteiger partial charge is 0.394 e. The summed E-state index contributed by atoms with van der Waals surface area (Å²) in [5.74, 6) is -0.717. The zero-order valence-corrected chi connectivity index (χ0v) is 45.5. The van der Waals surface area contributed by atoms with Crippen LogP contribution in [0.5, 0.6) is 0 Å². The maximum Gasteiger partial charge on any atom is 0.249 e. The van der Waals surface area contributed by atoms with Gasteiger partial charge in [-0.25, -0.2) is 0 Å². The van der Waals surface area contributed by atoms with E-state index in [9.17, 15) is 40.5 Å². The summed E-state index contributed by atoms with van der Waals surface area (Å²) in [6, 6.07) is -1.20. The molecular formula is C60H111NO10. The van der Waals surface area contributed by atoms with Gasteiger partial charge in [0.05, 0.1) is 25.4 Å². The predicted octanol–water partition coefficient (Wildman–Crippen LogP) is 12.5. The summed E-state index contributed by atoms with van der Waals surface area (Å²) < 4.78 is 11.1. The standard InChI is InChI=1S/C60H111NO10/c1-3-5-7-9-11-13-15-17-19-21-23-25-27-29-31-33-35-37-39-41-43-45-47-52(63)55(65)51(50-70-60-58(68)57(67)56(66)54(49-62)71-60)61-59(69)53(64)48-46-44-42-40-38-36-34-32-30-28-26-24-22-20-18-16-14-12-10-8-6-4-2/h24,26,30-33,39,41,51-58,60,62-68H,3-23,25,27-29,34-38,40,42-50H2,1-2H3,(H,61,69)/b26-24-,32-30-,33-31+,41-39+. The van der Waals surface area contributed by atoms with Crippen molar-refractivity contribution in [3.8, 4) is 0 Å². The van der Waals surface area contributed by atoms with Gasteiger partial charge < -0.3 is 50.5 Å². The van der Waals surface area contributed by atoms with Crippen LogP contribution in [0.4, 0.5) is 0 Å². The summed E-state index contributed by atoms with van der Waals surface area (Å²) >= 11 is 0. The fraction of sp³-hybridized carbons (Fsp3) is 0.850. The molecule has 1 aliphatic heterocycles. The van der Waals surface area contributed by atoms with Crippen LogP contribution in [0.2, 0.25) is 0 Å². The maximum absolute atomic E-state index is 13.2. The number of carbonyl (C=O) groups excluding carboxylic acids is 1. The van der Waals surface area contributed by atoms with E-state index in [1.807, 2.05) is 0 Å². The van der Waals surface area contributed by atoms with Crippen LogP contribution < -0.4 is 5.32 Å². The SMILES string of the molecule is CCCCCCCCCCC/C=C\C/C=C\CCCCCCCCC(O)C(=O)NC(COC1OC(CO)C(O)C(O)C1O)C(O)C(O)CCC/C=C/CC/C=C/CCCCCCCCCCCCCCC. The van der Waals surface area contributed by atoms with Crippen LogP contribution in [0.15, 0.2) is 48.6 Å². The van der Waals surface area contributed by atoms with Crippen molar-refractivity contribution in [2.75, 3.05) is 13.2 Å². The third-order valence-electron chi connectivity index (χ3n) is 14.1. The molecule has 0 aromatic rings. The Hall–Kier alpha value is -1.93. The molecule has 9 atom stereocenters. The van der Waals surface area contributed by atoms with Crippen molar-refractivity contribution in [3.05, 3.63) is 48.6 Å². The van der Waals surface area contributed by atoms with Crippen molar-refractivity contribution in [3.63, 3.8) is 0 Å². The lowest BCUT2D eigenvalue weighted by Crippen LogP contribution is -2.60. The molecule has 11 nitrogen and oxygen atoms in total. The molecule has 1 amide bonds. The first-order valence-corrected chi connectivity index (χ1v) is 29.5. The lowest BCUT2D eigenvalue weighted by atomic mass is 9.98. The van der Waals surface area contributed by atoms with E-state index >= 15 is 0 Å². The van der Waals surface area contributed by atoms with Crippen molar-refractivity contribution in [2.45, 2.75) is 313 Å². The van der Waals surface area contributed by atoms with Crippen LogP contribution in [0, 0.1) is 0 Å². The number of unbranched alkanes of at least 4 members (excludes halogenated alkanes) is 30. The molecule has 0 radical (unpaired) electrons. The number of hydrogen-bond donors (Lipinski definition) is 8. The molecule has 0 spiro atoms. The Labute approximate surface area is 434 Å². The number of aliphatic hydroxyl groups excluding tert-OH is 7. The normalized spacial score (nSPS) is 20.5. The van der Waals surface area contributed by atoms with Gasteiger partial charge in [-0.1, -0.05) is 223 Å². The fourth-order valence-electron chi connectivity index (χ4n) is 9.25. The lowest BCUT2D eigenvalue weighted by Gasteiger charge is -2.40. The number of allylic oxidation sites excluding steroid dienone is 8. The highest BCUT2D eigenvalue weighted by Crippen LogP contribution is 2.23. The second kappa shape index (κ2) is 49.0. The van der Waals surface area contributed by atoms with Crippen LogP contribution in [-0.2, 0) is 14.3 Å². The third kappa shape index (κ3) is 37.5. The zero-order valence-electron chi connectivity index (χ0n) is 45.5. The topological polar surface area (TPSA) is 189 Å². The fourth-order valence-corrected chi connectivity index (χ4v) is 9.25. The Kier molecular flexibility index (Phi) is 46.3. The molecule has 0 aliphatic carbocycles. The van der Waals surface area contributed by atoms with E-state index in [4.69, 9.17) is 9.47 Å². The number of amides is 1. The molecule has 71 heavy (non-hydrogen) atoms. The number of aliphatic hydroxyl groups is 7. The molecule has 416 valence electrons. The highest BCUT2D eigenvalue weighted by atomic mass is 16.7. The average molecular weight is 1010 g/mol. The first kappa shape index (κ1) is 67.1. The smallest absolute Gasteiger partial charge is 0.249 e. The monoisotopic (exact) mass is 1010 g/mol. The van der Waals surface area contributed by atoms with Gasteiger partial charge in [0.25, 0.3) is 0 Å². The van der Waals surface area contributed by atoms with Gasteiger partial charge in [-0.3, -0.25) is 4.79 Å². The summed E-state index contributed by atoms with van der Waals surface area (Å²) in [7, 11) is 0. The van der Waals surface area contributed by atoms with Crippen LogP contribution in [-0.4, -0.2) is 110 Å². The molecule has 1 saturated heterocycles. The van der Waals surface area contributed by atoms with Crippen molar-refractivity contribution in [2.24, 2.45) is 0 Å². The van der Waals surface area contributed by atoms with E-state index < -0.39 is 74.2 Å². The van der Waals surface area contributed by atoms with Gasteiger partial charge in [0.1, 0.15) is 36.6 Å². The van der Waals surface area contributed by atoms with Gasteiger partial charge in [0.15, 0.2) is 6.29 Å². The molecule has 0 bridgehead atoms. The Morgan fingerprint density at radius 3 is 1.34 bits per heavy atom. The molecule has 9 unspecified atom stereocenters. The van der Waals surface area contributed by atoms with Gasteiger partial charge in [-0.15, -0.1) is 0 Å². The van der Waals surface area contributed by atoms with Crippen LogP contribution in [0.3, 0.4) is 0 Å². The van der Waals surface area contributed by atoms with Crippen molar-refractivity contribution < 1.29 is 50.0 Å². The van der Waals surface area contributed by atoms with E-state index in [0.29, 0.717) is 19.3 Å². The Morgan fingerprint density at radius 2 is 0.887 bits per heavy atom. The average Bonchev–Trinajstić information content (AvgIpc) is 3.37. The molecule has 0 aromatic heterocycles. The Bertz CT molecular complexity index is 1290. The molecule has 1 fully saturated rings. The van der Waals surface area contributed by atoms with Crippen LogP contribution >= 0.6 is 0 Å². The number of rotatable bonds is 50. The number of carbonyl (C=O) groups is 1. The van der Waals surface area contributed by atoms with E-state index in [2.05, 4.69) is 67.8 Å². The number of ether oxygens (including phenoxy) is 2. The van der Waals surface area contributed by atoms with Gasteiger partial charge in [-0.2, -0.15) is 0 Å². The van der Waals surface area contributed by atoms with Gasteiger partial charge >= 0.3 is 0 Å². The zero-order chi connectivity index (χ0) is 51.8. The molecule has 8 N–H and O–H groups in total. The summed E-state index contributed by atoms with van der Waals surface area (Å²) in [6.45, 7) is 3.45. The molecule has 11 heteroatoms. The minimum Gasteiger partial charge on any atom is -0.394 e. The second-order valence-corrected chi connectivity index (χ2v) is 20.7. The lowest BCUT2D eigenvalue weighted by molar-refractivity contribution is -0.303. The van der Waals surface area contributed by atoms with E-state index in [-0.39, 0.29) is 12.8 Å². The summed E-state index contributed by atoms with van der Waals surface area (Å²) in [4.78, 5) is 13.2.